The molecule has 1 aliphatic rings. The summed E-state index contributed by atoms with van der Waals surface area (Å²) < 4.78 is 33.4. The molecular weight excluding hydrogens is 421 g/mol. The molecule has 8 nitrogen and oxygen atoms in total. The van der Waals surface area contributed by atoms with Gasteiger partial charge in [0, 0.05) is 17.0 Å². The largest absolute Gasteiger partial charge is 0.495 e. The Balaban J connectivity index is 1.95. The predicted molar refractivity (Wildman–Crippen MR) is 122 cm³/mol. The van der Waals surface area contributed by atoms with Crippen LogP contribution >= 0.6 is 10.5 Å². The van der Waals surface area contributed by atoms with E-state index in [4.69, 9.17) is 10.5 Å². The van der Waals surface area contributed by atoms with Gasteiger partial charge < -0.3 is 20.3 Å². The Bertz CT molecular complexity index is 1030. The van der Waals surface area contributed by atoms with Crippen LogP contribution in [0.4, 0.5) is 10.1 Å². The Morgan fingerprint density at radius 1 is 1.29 bits per heavy atom. The zero-order valence-corrected chi connectivity index (χ0v) is 19.0. The molecule has 2 aromatic rings. The Hall–Kier alpha value is -2.69. The monoisotopic (exact) mass is 449 g/mol. The molecule has 10 heteroatoms. The second kappa shape index (κ2) is 8.10. The number of benzene rings is 1. The summed E-state index contributed by atoms with van der Waals surface area (Å²) in [7, 11) is 0.722. The van der Waals surface area contributed by atoms with Gasteiger partial charge in [-0.25, -0.2) is 9.37 Å². The lowest BCUT2D eigenvalue weighted by Gasteiger charge is -2.53. The van der Waals surface area contributed by atoms with Gasteiger partial charge in [0.05, 0.1) is 23.6 Å². The van der Waals surface area contributed by atoms with E-state index in [9.17, 15) is 13.7 Å². The second-order valence-electron chi connectivity index (χ2n) is 8.06. The number of amides is 1. The number of hydrogen-bond donors (Lipinski definition) is 4. The minimum absolute atomic E-state index is 0.165. The van der Waals surface area contributed by atoms with Gasteiger partial charge in [0.1, 0.15) is 23.1 Å². The number of nitrogens with zero attached hydrogens (tertiary/aromatic N) is 2. The molecular formula is C21H28FN5O3S. The maximum Gasteiger partial charge on any atom is 0.274 e. The fourth-order valence-electron chi connectivity index (χ4n) is 3.50. The summed E-state index contributed by atoms with van der Waals surface area (Å²) in [5.41, 5.74) is 5.88. The zero-order valence-electron chi connectivity index (χ0n) is 18.2. The summed E-state index contributed by atoms with van der Waals surface area (Å²) in [4.78, 5) is 21.2. The number of nitrogens with two attached hydrogens (primary N) is 1. The van der Waals surface area contributed by atoms with Crippen LogP contribution in [-0.2, 0) is 5.54 Å². The van der Waals surface area contributed by atoms with Crippen LogP contribution in [0.2, 0.25) is 0 Å². The van der Waals surface area contributed by atoms with Crippen molar-refractivity contribution in [2.75, 3.05) is 25.2 Å². The van der Waals surface area contributed by atoms with Gasteiger partial charge in [0.2, 0.25) is 0 Å². The van der Waals surface area contributed by atoms with Crippen LogP contribution in [0.1, 0.15) is 36.8 Å². The second-order valence-corrected chi connectivity index (χ2v) is 11.2. The first-order valence-corrected chi connectivity index (χ1v) is 11.4. The summed E-state index contributed by atoms with van der Waals surface area (Å²) >= 11 is 0. The first kappa shape index (κ1) is 23.0. The van der Waals surface area contributed by atoms with Crippen molar-refractivity contribution in [2.24, 2.45) is 10.7 Å². The number of amidine groups is 1. The zero-order chi connectivity index (χ0) is 23.0. The first-order valence-electron chi connectivity index (χ1n) is 9.64. The third-order valence-corrected chi connectivity index (χ3v) is 9.22. The average Bonchev–Trinajstić information content (AvgIpc) is 2.73. The van der Waals surface area contributed by atoms with E-state index >= 15 is 0 Å². The van der Waals surface area contributed by atoms with Crippen LogP contribution < -0.4 is 20.5 Å². The molecule has 31 heavy (non-hydrogen) atoms. The van der Waals surface area contributed by atoms with Crippen LogP contribution in [0.5, 0.6) is 5.75 Å². The molecule has 0 aliphatic carbocycles. The van der Waals surface area contributed by atoms with Crippen molar-refractivity contribution in [3.63, 3.8) is 0 Å². The molecule has 0 saturated carbocycles. The standard InChI is InChI=1S/C21H28FN5O3S/c1-20(2)19(23)27-21(3,12-31(20,29)24-4)15-10-13(6-8-16(15)22)26-18(28)17-9-7-14(30-5)11-25-17/h6-11,24,29H,12H2,1-5H3,(H2,23,27)(H,26,28)/t21-/m0/s1. The smallest absolute Gasteiger partial charge is 0.274 e. The van der Waals surface area contributed by atoms with Crippen molar-refractivity contribution in [2.45, 2.75) is 31.1 Å². The molecule has 5 N–H and O–H groups in total. The number of rotatable bonds is 5. The predicted octanol–water partition coefficient (Wildman–Crippen LogP) is 3.26. The van der Waals surface area contributed by atoms with Crippen LogP contribution in [0.3, 0.4) is 0 Å². The normalized spacial score (nSPS) is 27.0. The molecule has 3 rings (SSSR count). The number of carbonyl (C=O) groups is 1. The van der Waals surface area contributed by atoms with Gasteiger partial charge in [-0.2, -0.15) is 0 Å². The van der Waals surface area contributed by atoms with Crippen molar-refractivity contribution in [3.8, 4) is 5.75 Å². The summed E-state index contributed by atoms with van der Waals surface area (Å²) in [6.07, 6.45) is 1.44. The fourth-order valence-corrected chi connectivity index (χ4v) is 5.95. The molecule has 1 aliphatic heterocycles. The highest BCUT2D eigenvalue weighted by Crippen LogP contribution is 2.59. The number of pyridine rings is 1. The van der Waals surface area contributed by atoms with Crippen molar-refractivity contribution < 1.29 is 18.5 Å². The number of ether oxygens (including phenoxy) is 1. The van der Waals surface area contributed by atoms with Gasteiger partial charge in [-0.1, -0.05) is 10.5 Å². The summed E-state index contributed by atoms with van der Waals surface area (Å²) in [6.45, 7) is 5.34. The highest BCUT2D eigenvalue weighted by molar-refractivity contribution is 8.29. The average molecular weight is 450 g/mol. The van der Waals surface area contributed by atoms with Crippen molar-refractivity contribution in [1.82, 2.24) is 9.71 Å². The molecule has 1 amide bonds. The highest BCUT2D eigenvalue weighted by atomic mass is 32.3. The number of methoxy groups -OCH3 is 1. The minimum Gasteiger partial charge on any atom is -0.495 e. The van der Waals surface area contributed by atoms with Crippen LogP contribution in [0.25, 0.3) is 0 Å². The van der Waals surface area contributed by atoms with E-state index in [0.717, 1.165) is 0 Å². The summed E-state index contributed by atoms with van der Waals surface area (Å²) in [6, 6.07) is 7.39. The van der Waals surface area contributed by atoms with E-state index in [-0.39, 0.29) is 22.8 Å². The Labute approximate surface area is 182 Å². The Morgan fingerprint density at radius 3 is 2.58 bits per heavy atom. The molecule has 2 heterocycles. The van der Waals surface area contributed by atoms with Crippen LogP contribution in [0, 0.1) is 5.82 Å². The molecule has 0 bridgehead atoms. The minimum atomic E-state index is -2.45. The Kier molecular flexibility index (Phi) is 6.01. The fraction of sp³-hybridized carbons (Fsp3) is 0.381. The van der Waals surface area contributed by atoms with Gasteiger partial charge in [-0.05, 0) is 58.2 Å². The lowest BCUT2D eigenvalue weighted by Crippen LogP contribution is -2.55. The lowest BCUT2D eigenvalue weighted by atomic mass is 9.92. The van der Waals surface area contributed by atoms with E-state index in [1.165, 1.54) is 37.6 Å². The van der Waals surface area contributed by atoms with E-state index in [2.05, 4.69) is 20.0 Å². The van der Waals surface area contributed by atoms with E-state index in [0.29, 0.717) is 11.4 Å². The van der Waals surface area contributed by atoms with Crippen molar-refractivity contribution in [1.29, 1.82) is 0 Å². The number of aromatic nitrogens is 1. The number of aliphatic imine (C=N–C) groups is 1. The van der Waals surface area contributed by atoms with E-state index in [1.54, 1.807) is 20.0 Å². The maximum atomic E-state index is 14.9. The molecule has 0 radical (unpaired) electrons. The van der Waals surface area contributed by atoms with Crippen LogP contribution in [0.15, 0.2) is 41.5 Å². The molecule has 1 aromatic heterocycles. The third kappa shape index (κ3) is 4.10. The highest BCUT2D eigenvalue weighted by Gasteiger charge is 2.51. The number of anilines is 1. The lowest BCUT2D eigenvalue weighted by molar-refractivity contribution is 0.102. The number of carbonyl (C=O) groups excluding carboxylic acids is 1. The van der Waals surface area contributed by atoms with Gasteiger partial charge in [0.15, 0.2) is 0 Å². The summed E-state index contributed by atoms with van der Waals surface area (Å²) in [5, 5.41) is 2.72. The summed E-state index contributed by atoms with van der Waals surface area (Å²) in [5.74, 6) is -0.0146. The molecule has 1 unspecified atom stereocenters. The van der Waals surface area contributed by atoms with Gasteiger partial charge in [0.25, 0.3) is 5.91 Å². The molecule has 0 spiro atoms. The quantitative estimate of drug-likeness (QED) is 0.556. The van der Waals surface area contributed by atoms with E-state index < -0.39 is 32.5 Å². The number of nitrogens with one attached hydrogen (secondary N) is 2. The van der Waals surface area contributed by atoms with Gasteiger partial charge >= 0.3 is 0 Å². The van der Waals surface area contributed by atoms with Gasteiger partial charge in [-0.3, -0.25) is 14.5 Å². The molecule has 1 aromatic carbocycles. The SMILES string of the molecule is CNS1(O)C[C@@](C)(c2cc(NC(=O)c3ccc(OC)cn3)ccc2F)N=C(N)C1(C)C. The van der Waals surface area contributed by atoms with E-state index in [1.807, 2.05) is 13.8 Å². The molecule has 0 fully saturated rings. The number of halogens is 1. The first-order chi connectivity index (χ1) is 14.5. The number of hydrogen-bond acceptors (Lipinski definition) is 7. The third-order valence-electron chi connectivity index (χ3n) is 5.67. The van der Waals surface area contributed by atoms with Crippen LogP contribution in [-0.4, -0.2) is 45.9 Å². The molecule has 168 valence electrons. The molecule has 2 atom stereocenters. The molecule has 0 saturated heterocycles. The Morgan fingerprint density at radius 2 is 2.00 bits per heavy atom. The maximum absolute atomic E-state index is 14.9. The van der Waals surface area contributed by atoms with Gasteiger partial charge in [-0.15, -0.1) is 0 Å². The van der Waals surface area contributed by atoms with Crippen molar-refractivity contribution in [3.05, 3.63) is 53.6 Å². The topological polar surface area (TPSA) is 122 Å². The van der Waals surface area contributed by atoms with Crippen molar-refractivity contribution >= 4 is 27.9 Å².